The Kier molecular flexibility index (Phi) is 3.53. The van der Waals surface area contributed by atoms with Crippen LogP contribution in [0, 0.1) is 39.9 Å². The molecule has 0 aromatic rings. The van der Waals surface area contributed by atoms with Crippen LogP contribution < -0.4 is 0 Å². The van der Waals surface area contributed by atoms with Gasteiger partial charge in [-0.2, -0.15) is 10.5 Å². The lowest BCUT2D eigenvalue weighted by Gasteiger charge is -2.32. The van der Waals surface area contributed by atoms with E-state index in [1.54, 1.807) is 0 Å². The van der Waals surface area contributed by atoms with Crippen LogP contribution in [0.4, 0.5) is 0 Å². The fourth-order valence-electron chi connectivity index (χ4n) is 2.61. The molecule has 1 fully saturated rings. The Labute approximate surface area is 86.5 Å². The highest BCUT2D eigenvalue weighted by atomic mass is 14.4. The summed E-state index contributed by atoms with van der Waals surface area (Å²) in [4.78, 5) is 0. The molecule has 1 aliphatic rings. The maximum Gasteiger partial charge on any atom is 0.0658 e. The Morgan fingerprint density at radius 2 is 2.00 bits per heavy atom. The van der Waals surface area contributed by atoms with Gasteiger partial charge in [0.2, 0.25) is 0 Å². The van der Waals surface area contributed by atoms with Crippen LogP contribution in [-0.2, 0) is 0 Å². The minimum Gasteiger partial charge on any atom is -0.198 e. The Bertz CT molecular complexity index is 267. The van der Waals surface area contributed by atoms with E-state index in [9.17, 15) is 0 Å². The van der Waals surface area contributed by atoms with Crippen molar-refractivity contribution in [2.45, 2.75) is 46.0 Å². The zero-order chi connectivity index (χ0) is 10.6. The molecule has 0 radical (unpaired) electrons. The third-order valence-corrected chi connectivity index (χ3v) is 3.57. The lowest BCUT2D eigenvalue weighted by Crippen LogP contribution is -2.26. The largest absolute Gasteiger partial charge is 0.198 e. The molecule has 2 nitrogen and oxygen atoms in total. The smallest absolute Gasteiger partial charge is 0.0658 e. The SMILES string of the molecule is CC(C)(CCC#N)[C@@H]1CCC[C@@H]1C#N. The van der Waals surface area contributed by atoms with Gasteiger partial charge in [-0.05, 0) is 30.6 Å². The molecule has 0 saturated heterocycles. The Morgan fingerprint density at radius 1 is 1.29 bits per heavy atom. The van der Waals surface area contributed by atoms with Crippen LogP contribution in [0.1, 0.15) is 46.0 Å². The monoisotopic (exact) mass is 190 g/mol. The van der Waals surface area contributed by atoms with Gasteiger partial charge in [-0.3, -0.25) is 0 Å². The Balaban J connectivity index is 2.62. The lowest BCUT2D eigenvalue weighted by atomic mass is 9.71. The highest BCUT2D eigenvalue weighted by Crippen LogP contribution is 2.45. The van der Waals surface area contributed by atoms with Crippen molar-refractivity contribution in [2.75, 3.05) is 0 Å². The Morgan fingerprint density at radius 3 is 2.57 bits per heavy atom. The highest BCUT2D eigenvalue weighted by molar-refractivity contribution is 4.98. The lowest BCUT2D eigenvalue weighted by molar-refractivity contribution is 0.175. The van der Waals surface area contributed by atoms with Gasteiger partial charge in [0.25, 0.3) is 0 Å². The number of nitrogens with zero attached hydrogens (tertiary/aromatic N) is 2. The van der Waals surface area contributed by atoms with E-state index in [-0.39, 0.29) is 11.3 Å². The molecule has 2 atom stereocenters. The topological polar surface area (TPSA) is 47.6 Å². The van der Waals surface area contributed by atoms with E-state index in [4.69, 9.17) is 10.5 Å². The van der Waals surface area contributed by atoms with Gasteiger partial charge < -0.3 is 0 Å². The second kappa shape index (κ2) is 4.47. The summed E-state index contributed by atoms with van der Waals surface area (Å²) in [6, 6.07) is 4.61. The first-order valence-electron chi connectivity index (χ1n) is 5.38. The molecule has 0 spiro atoms. The van der Waals surface area contributed by atoms with E-state index in [0.717, 1.165) is 19.3 Å². The molecule has 0 bridgehead atoms. The first-order valence-corrected chi connectivity index (χ1v) is 5.38. The highest BCUT2D eigenvalue weighted by Gasteiger charge is 2.38. The quantitative estimate of drug-likeness (QED) is 0.685. The van der Waals surface area contributed by atoms with Crippen molar-refractivity contribution in [1.82, 2.24) is 0 Å². The van der Waals surface area contributed by atoms with Gasteiger partial charge in [-0.25, -0.2) is 0 Å². The molecule has 0 amide bonds. The van der Waals surface area contributed by atoms with Crippen LogP contribution >= 0.6 is 0 Å². The molecular formula is C12H18N2. The molecule has 1 rings (SSSR count). The minimum absolute atomic E-state index is 0.159. The van der Waals surface area contributed by atoms with Gasteiger partial charge >= 0.3 is 0 Å². The maximum atomic E-state index is 9.01. The van der Waals surface area contributed by atoms with Crippen molar-refractivity contribution in [3.8, 4) is 12.1 Å². The van der Waals surface area contributed by atoms with Gasteiger partial charge in [0.05, 0.1) is 12.1 Å². The van der Waals surface area contributed by atoms with Crippen LogP contribution in [-0.4, -0.2) is 0 Å². The summed E-state index contributed by atoms with van der Waals surface area (Å²) in [6.07, 6.45) is 4.93. The first kappa shape index (κ1) is 11.1. The van der Waals surface area contributed by atoms with Crippen molar-refractivity contribution >= 4 is 0 Å². The minimum atomic E-state index is 0.159. The summed E-state index contributed by atoms with van der Waals surface area (Å²) in [5.41, 5.74) is 0.159. The predicted molar refractivity (Wildman–Crippen MR) is 55.1 cm³/mol. The second-order valence-corrected chi connectivity index (χ2v) is 4.92. The molecule has 0 aromatic carbocycles. The molecule has 0 aliphatic heterocycles. The molecule has 0 heterocycles. The third kappa shape index (κ3) is 2.26. The fourth-order valence-corrected chi connectivity index (χ4v) is 2.61. The van der Waals surface area contributed by atoms with Crippen LogP contribution in [0.2, 0.25) is 0 Å². The summed E-state index contributed by atoms with van der Waals surface area (Å²) < 4.78 is 0. The molecule has 2 heteroatoms. The average Bonchev–Trinajstić information content (AvgIpc) is 2.63. The number of rotatable bonds is 3. The molecule has 0 N–H and O–H groups in total. The summed E-state index contributed by atoms with van der Waals surface area (Å²) >= 11 is 0. The van der Waals surface area contributed by atoms with Crippen LogP contribution in [0.3, 0.4) is 0 Å². The van der Waals surface area contributed by atoms with Gasteiger partial charge in [0, 0.05) is 12.3 Å². The Hall–Kier alpha value is -1.02. The summed E-state index contributed by atoms with van der Waals surface area (Å²) in [5.74, 6) is 0.726. The summed E-state index contributed by atoms with van der Waals surface area (Å²) in [6.45, 7) is 4.40. The standard InChI is InChI=1S/C12H18N2/c1-12(2,7-4-8-13)11-6-3-5-10(11)9-14/h10-11H,3-7H2,1-2H3/t10-,11-/m1/s1. The third-order valence-electron chi connectivity index (χ3n) is 3.57. The van der Waals surface area contributed by atoms with Gasteiger partial charge in [-0.1, -0.05) is 20.3 Å². The van der Waals surface area contributed by atoms with E-state index >= 15 is 0 Å². The van der Waals surface area contributed by atoms with Crippen molar-refractivity contribution in [3.05, 3.63) is 0 Å². The van der Waals surface area contributed by atoms with Crippen molar-refractivity contribution in [2.24, 2.45) is 17.3 Å². The van der Waals surface area contributed by atoms with Gasteiger partial charge in [0.15, 0.2) is 0 Å². The molecule has 1 aliphatic carbocycles. The second-order valence-electron chi connectivity index (χ2n) is 4.92. The molecular weight excluding hydrogens is 172 g/mol. The number of hydrogen-bond acceptors (Lipinski definition) is 2. The van der Waals surface area contributed by atoms with Crippen molar-refractivity contribution in [1.29, 1.82) is 10.5 Å². The molecule has 76 valence electrons. The zero-order valence-corrected chi connectivity index (χ0v) is 9.08. The van der Waals surface area contributed by atoms with Crippen LogP contribution in [0.15, 0.2) is 0 Å². The number of hydrogen-bond donors (Lipinski definition) is 0. The van der Waals surface area contributed by atoms with E-state index < -0.39 is 0 Å². The number of nitriles is 2. The average molecular weight is 190 g/mol. The molecule has 1 saturated carbocycles. The molecule has 0 aromatic heterocycles. The van der Waals surface area contributed by atoms with Crippen LogP contribution in [0.5, 0.6) is 0 Å². The maximum absolute atomic E-state index is 9.01. The van der Waals surface area contributed by atoms with E-state index in [2.05, 4.69) is 26.0 Å². The van der Waals surface area contributed by atoms with E-state index in [1.807, 2.05) is 0 Å². The van der Waals surface area contributed by atoms with Gasteiger partial charge in [0.1, 0.15) is 0 Å². The van der Waals surface area contributed by atoms with E-state index in [1.165, 1.54) is 6.42 Å². The fraction of sp³-hybridized carbons (Fsp3) is 0.833. The van der Waals surface area contributed by atoms with E-state index in [0.29, 0.717) is 12.3 Å². The summed E-state index contributed by atoms with van der Waals surface area (Å²) in [5, 5.41) is 17.6. The van der Waals surface area contributed by atoms with Crippen molar-refractivity contribution in [3.63, 3.8) is 0 Å². The first-order chi connectivity index (χ1) is 6.61. The zero-order valence-electron chi connectivity index (χ0n) is 9.08. The van der Waals surface area contributed by atoms with Crippen LogP contribution in [0.25, 0.3) is 0 Å². The summed E-state index contributed by atoms with van der Waals surface area (Å²) in [7, 11) is 0. The molecule has 14 heavy (non-hydrogen) atoms. The van der Waals surface area contributed by atoms with Crippen molar-refractivity contribution < 1.29 is 0 Å². The molecule has 0 unspecified atom stereocenters. The normalized spacial score (nSPS) is 26.9. The van der Waals surface area contributed by atoms with Gasteiger partial charge in [-0.15, -0.1) is 0 Å². The predicted octanol–water partition coefficient (Wildman–Crippen LogP) is 3.26.